The standard InChI is InChI=1S/C33H34N6O5S/c1-21-12-13-23(22(2)14-21)19-34-20-31(40)35-24-8-7-9-28(17-24)45(41,42)39-33-32(37-29-10-5-6-11-30(29)38-33)36-25-15-26(43-3)18-27(16-25)44-4/h5-18,34H,19-20H2,1-4H3,(H,35,40)(H,36,37)(H,38,39). The number of methoxy groups -OCH3 is 2. The van der Waals surface area contributed by atoms with Crippen LogP contribution in [-0.2, 0) is 21.4 Å². The van der Waals surface area contributed by atoms with Crippen LogP contribution in [0.25, 0.3) is 11.0 Å². The topological polar surface area (TPSA) is 144 Å². The van der Waals surface area contributed by atoms with Crippen LogP contribution in [0.4, 0.5) is 23.0 Å². The quantitative estimate of drug-likeness (QED) is 0.140. The van der Waals surface area contributed by atoms with Crippen molar-refractivity contribution in [2.45, 2.75) is 25.3 Å². The predicted octanol–water partition coefficient (Wildman–Crippen LogP) is 5.54. The Morgan fingerprint density at radius 1 is 0.778 bits per heavy atom. The van der Waals surface area contributed by atoms with Crippen LogP contribution in [-0.4, -0.2) is 45.1 Å². The number of rotatable bonds is 12. The average molecular weight is 627 g/mol. The van der Waals surface area contributed by atoms with E-state index in [2.05, 4.69) is 36.7 Å². The van der Waals surface area contributed by atoms with Gasteiger partial charge in [-0.05, 0) is 55.3 Å². The number of hydrogen-bond acceptors (Lipinski definition) is 9. The molecular formula is C33H34N6O5S. The molecule has 45 heavy (non-hydrogen) atoms. The van der Waals surface area contributed by atoms with Crippen molar-refractivity contribution in [2.24, 2.45) is 0 Å². The highest BCUT2D eigenvalue weighted by Crippen LogP contribution is 2.31. The maximum Gasteiger partial charge on any atom is 0.263 e. The fraction of sp³-hybridized carbons (Fsp3) is 0.182. The molecule has 0 saturated carbocycles. The summed E-state index contributed by atoms with van der Waals surface area (Å²) in [6, 6.07) is 24.4. The molecule has 0 atom stereocenters. The molecule has 4 N–H and O–H groups in total. The summed E-state index contributed by atoms with van der Waals surface area (Å²) in [7, 11) is -1.08. The Bertz CT molecular complexity index is 1940. The third kappa shape index (κ3) is 7.85. The number of sulfonamides is 1. The number of fused-ring (bicyclic) bond motifs is 1. The van der Waals surface area contributed by atoms with E-state index < -0.39 is 10.0 Å². The van der Waals surface area contributed by atoms with E-state index in [1.165, 1.54) is 31.9 Å². The zero-order valence-electron chi connectivity index (χ0n) is 25.3. The molecule has 0 aliphatic rings. The van der Waals surface area contributed by atoms with E-state index >= 15 is 0 Å². The number of amides is 1. The summed E-state index contributed by atoms with van der Waals surface area (Å²) >= 11 is 0. The van der Waals surface area contributed by atoms with Crippen LogP contribution in [0.15, 0.2) is 89.8 Å². The van der Waals surface area contributed by atoms with E-state index in [1.54, 1.807) is 48.5 Å². The molecule has 1 heterocycles. The first-order chi connectivity index (χ1) is 21.6. The van der Waals surface area contributed by atoms with Crippen LogP contribution < -0.4 is 30.1 Å². The number of nitrogens with one attached hydrogen (secondary N) is 4. The van der Waals surface area contributed by atoms with Gasteiger partial charge >= 0.3 is 0 Å². The van der Waals surface area contributed by atoms with Crippen molar-refractivity contribution in [3.8, 4) is 11.5 Å². The number of hydrogen-bond donors (Lipinski definition) is 4. The fourth-order valence-corrected chi connectivity index (χ4v) is 5.72. The van der Waals surface area contributed by atoms with Gasteiger partial charge in [0.2, 0.25) is 5.91 Å². The van der Waals surface area contributed by atoms with E-state index in [9.17, 15) is 13.2 Å². The first kappa shape index (κ1) is 31.2. The van der Waals surface area contributed by atoms with Crippen molar-refractivity contribution in [1.29, 1.82) is 0 Å². The number of anilines is 4. The lowest BCUT2D eigenvalue weighted by Crippen LogP contribution is -2.28. The largest absolute Gasteiger partial charge is 0.497 e. The normalized spacial score (nSPS) is 11.2. The van der Waals surface area contributed by atoms with Crippen LogP contribution in [0, 0.1) is 13.8 Å². The highest BCUT2D eigenvalue weighted by molar-refractivity contribution is 7.92. The highest BCUT2D eigenvalue weighted by Gasteiger charge is 2.20. The minimum Gasteiger partial charge on any atom is -0.497 e. The van der Waals surface area contributed by atoms with Gasteiger partial charge in [-0.2, -0.15) is 0 Å². The number of para-hydroxylation sites is 2. The van der Waals surface area contributed by atoms with E-state index in [0.717, 1.165) is 11.1 Å². The first-order valence-electron chi connectivity index (χ1n) is 14.1. The Balaban J connectivity index is 1.34. The Hall–Kier alpha value is -5.20. The van der Waals surface area contributed by atoms with Crippen molar-refractivity contribution >= 4 is 50.0 Å². The molecule has 0 radical (unpaired) electrons. The maximum absolute atomic E-state index is 13.6. The molecule has 0 bridgehead atoms. The van der Waals surface area contributed by atoms with Crippen LogP contribution in [0.2, 0.25) is 0 Å². The number of carbonyl (C=O) groups is 1. The van der Waals surface area contributed by atoms with Gasteiger partial charge < -0.3 is 25.4 Å². The molecular weight excluding hydrogens is 592 g/mol. The van der Waals surface area contributed by atoms with E-state index in [0.29, 0.717) is 40.5 Å². The van der Waals surface area contributed by atoms with Crippen molar-refractivity contribution in [1.82, 2.24) is 15.3 Å². The van der Waals surface area contributed by atoms with E-state index in [1.807, 2.05) is 32.0 Å². The van der Waals surface area contributed by atoms with Gasteiger partial charge in [0.1, 0.15) is 11.5 Å². The van der Waals surface area contributed by atoms with Crippen LogP contribution in [0.3, 0.4) is 0 Å². The lowest BCUT2D eigenvalue weighted by molar-refractivity contribution is -0.115. The summed E-state index contributed by atoms with van der Waals surface area (Å²) in [5, 5.41) is 9.03. The number of ether oxygens (including phenoxy) is 2. The molecule has 1 amide bonds. The second-order valence-electron chi connectivity index (χ2n) is 10.4. The minimum absolute atomic E-state index is 0.0134. The Morgan fingerprint density at radius 2 is 1.47 bits per heavy atom. The molecule has 5 aromatic rings. The van der Waals surface area contributed by atoms with Gasteiger partial charge in [0, 0.05) is 36.1 Å². The molecule has 12 heteroatoms. The number of aryl methyl sites for hydroxylation is 2. The van der Waals surface area contributed by atoms with E-state index in [-0.39, 0.29) is 29.0 Å². The molecule has 232 valence electrons. The molecule has 0 unspecified atom stereocenters. The van der Waals surface area contributed by atoms with Gasteiger partial charge in [0.15, 0.2) is 11.6 Å². The highest BCUT2D eigenvalue weighted by atomic mass is 32.2. The van der Waals surface area contributed by atoms with Crippen molar-refractivity contribution in [2.75, 3.05) is 36.1 Å². The van der Waals surface area contributed by atoms with Gasteiger partial charge in [-0.25, -0.2) is 18.4 Å². The molecule has 0 aliphatic carbocycles. The molecule has 1 aromatic heterocycles. The molecule has 0 fully saturated rings. The number of benzene rings is 4. The third-order valence-electron chi connectivity index (χ3n) is 6.94. The number of nitrogens with zero attached hydrogens (tertiary/aromatic N) is 2. The van der Waals surface area contributed by atoms with Gasteiger partial charge in [-0.3, -0.25) is 9.52 Å². The molecule has 11 nitrogen and oxygen atoms in total. The van der Waals surface area contributed by atoms with Crippen LogP contribution >= 0.6 is 0 Å². The van der Waals surface area contributed by atoms with Gasteiger partial charge in [0.25, 0.3) is 10.0 Å². The summed E-state index contributed by atoms with van der Waals surface area (Å²) in [5.74, 6) is 0.925. The maximum atomic E-state index is 13.6. The summed E-state index contributed by atoms with van der Waals surface area (Å²) < 4.78 is 40.5. The van der Waals surface area contributed by atoms with Crippen LogP contribution in [0.1, 0.15) is 16.7 Å². The first-order valence-corrected chi connectivity index (χ1v) is 15.6. The Labute approximate surface area is 262 Å². The van der Waals surface area contributed by atoms with Crippen LogP contribution in [0.5, 0.6) is 11.5 Å². The average Bonchev–Trinajstić information content (AvgIpc) is 3.02. The third-order valence-corrected chi connectivity index (χ3v) is 8.28. The Kier molecular flexibility index (Phi) is 9.45. The van der Waals surface area contributed by atoms with Crippen molar-refractivity contribution in [3.63, 3.8) is 0 Å². The molecule has 4 aromatic carbocycles. The number of carbonyl (C=O) groups excluding carboxylic acids is 1. The second-order valence-corrected chi connectivity index (χ2v) is 12.0. The zero-order valence-corrected chi connectivity index (χ0v) is 26.2. The zero-order chi connectivity index (χ0) is 32.0. The Morgan fingerprint density at radius 3 is 2.13 bits per heavy atom. The van der Waals surface area contributed by atoms with Gasteiger partial charge in [-0.1, -0.05) is 42.0 Å². The fourth-order valence-electron chi connectivity index (χ4n) is 4.66. The number of aromatic nitrogens is 2. The summed E-state index contributed by atoms with van der Waals surface area (Å²) in [4.78, 5) is 21.8. The summed E-state index contributed by atoms with van der Waals surface area (Å²) in [6.07, 6.45) is 0. The molecule has 5 rings (SSSR count). The lowest BCUT2D eigenvalue weighted by Gasteiger charge is -2.15. The summed E-state index contributed by atoms with van der Waals surface area (Å²) in [6.45, 7) is 4.65. The molecule has 0 saturated heterocycles. The molecule has 0 aliphatic heterocycles. The van der Waals surface area contributed by atoms with E-state index in [4.69, 9.17) is 9.47 Å². The van der Waals surface area contributed by atoms with Gasteiger partial charge in [0.05, 0.1) is 36.7 Å². The lowest BCUT2D eigenvalue weighted by atomic mass is 10.1. The van der Waals surface area contributed by atoms with Crippen molar-refractivity contribution in [3.05, 3.63) is 102 Å². The monoisotopic (exact) mass is 626 g/mol. The predicted molar refractivity (Wildman–Crippen MR) is 176 cm³/mol. The smallest absolute Gasteiger partial charge is 0.263 e. The SMILES string of the molecule is COc1cc(Nc2nc3ccccc3nc2NS(=O)(=O)c2cccc(NC(=O)CNCc3ccc(C)cc3C)c2)cc(OC)c1. The minimum atomic E-state index is -4.15. The second kappa shape index (κ2) is 13.6. The van der Waals surface area contributed by atoms with Gasteiger partial charge in [-0.15, -0.1) is 0 Å². The van der Waals surface area contributed by atoms with Crippen molar-refractivity contribution < 1.29 is 22.7 Å². The summed E-state index contributed by atoms with van der Waals surface area (Å²) in [5.41, 5.74) is 5.37. The molecule has 0 spiro atoms.